The van der Waals surface area contributed by atoms with Crippen LogP contribution in [0.3, 0.4) is 0 Å². The Morgan fingerprint density at radius 2 is 2.27 bits per heavy atom. The molecule has 1 unspecified atom stereocenters. The van der Waals surface area contributed by atoms with E-state index in [-0.39, 0.29) is 11.7 Å². The second-order valence-electron chi connectivity index (χ2n) is 3.70. The number of hydrogen-bond acceptors (Lipinski definition) is 2. The van der Waals surface area contributed by atoms with Gasteiger partial charge in [-0.3, -0.25) is 4.79 Å². The number of rotatable bonds is 5. The fourth-order valence-corrected chi connectivity index (χ4v) is 1.63. The van der Waals surface area contributed by atoms with Crippen LogP contribution >= 0.6 is 11.6 Å². The molecule has 0 fully saturated rings. The summed E-state index contributed by atoms with van der Waals surface area (Å²) in [5.41, 5.74) is 0.672. The van der Waals surface area contributed by atoms with Crippen molar-refractivity contribution in [2.75, 3.05) is 13.7 Å². The second kappa shape index (κ2) is 5.89. The highest BCUT2D eigenvalue weighted by atomic mass is 35.5. The van der Waals surface area contributed by atoms with Gasteiger partial charge in [0.15, 0.2) is 5.78 Å². The molecule has 0 saturated heterocycles. The van der Waals surface area contributed by atoms with Gasteiger partial charge in [-0.1, -0.05) is 30.7 Å². The van der Waals surface area contributed by atoms with E-state index in [1.165, 1.54) is 0 Å². The Morgan fingerprint density at radius 3 is 2.87 bits per heavy atom. The summed E-state index contributed by atoms with van der Waals surface area (Å²) in [5, 5.41) is 0.597. The highest BCUT2D eigenvalue weighted by molar-refractivity contribution is 6.31. The Hall–Kier alpha value is -0.860. The van der Waals surface area contributed by atoms with E-state index in [0.29, 0.717) is 23.6 Å². The van der Waals surface area contributed by atoms with Crippen LogP contribution in [0.4, 0.5) is 0 Å². The van der Waals surface area contributed by atoms with Crippen LogP contribution in [0.15, 0.2) is 24.3 Å². The van der Waals surface area contributed by atoms with Gasteiger partial charge in [-0.15, -0.1) is 0 Å². The summed E-state index contributed by atoms with van der Waals surface area (Å²) in [6.45, 7) is 2.60. The quantitative estimate of drug-likeness (QED) is 0.721. The monoisotopic (exact) mass is 226 g/mol. The molecular weight excluding hydrogens is 212 g/mol. The lowest BCUT2D eigenvalue weighted by molar-refractivity contribution is 0.0920. The molecule has 0 spiro atoms. The standard InChI is InChI=1S/C12H15ClO2/c1-9(8-15-2)6-12(14)10-4-3-5-11(13)7-10/h3-5,7,9H,6,8H2,1-2H3. The van der Waals surface area contributed by atoms with Crippen molar-refractivity contribution in [2.24, 2.45) is 5.92 Å². The maximum atomic E-state index is 11.8. The molecule has 15 heavy (non-hydrogen) atoms. The van der Waals surface area contributed by atoms with E-state index in [4.69, 9.17) is 16.3 Å². The van der Waals surface area contributed by atoms with Gasteiger partial charge in [-0.2, -0.15) is 0 Å². The Balaban J connectivity index is 2.61. The predicted molar refractivity (Wildman–Crippen MR) is 61.4 cm³/mol. The minimum absolute atomic E-state index is 0.113. The van der Waals surface area contributed by atoms with Gasteiger partial charge >= 0.3 is 0 Å². The molecule has 1 rings (SSSR count). The number of Topliss-reactive ketones (excluding diaryl/α,β-unsaturated/α-hetero) is 1. The highest BCUT2D eigenvalue weighted by Gasteiger charge is 2.11. The van der Waals surface area contributed by atoms with E-state index in [1.807, 2.05) is 6.92 Å². The number of carbonyl (C=O) groups is 1. The average molecular weight is 227 g/mol. The molecule has 2 nitrogen and oxygen atoms in total. The number of halogens is 1. The van der Waals surface area contributed by atoms with Crippen LogP contribution in [0.25, 0.3) is 0 Å². The lowest BCUT2D eigenvalue weighted by Crippen LogP contribution is -2.10. The Kier molecular flexibility index (Phi) is 4.79. The molecule has 3 heteroatoms. The van der Waals surface area contributed by atoms with E-state index in [0.717, 1.165) is 0 Å². The molecule has 1 atom stereocenters. The molecule has 0 radical (unpaired) electrons. The molecule has 0 amide bonds. The van der Waals surface area contributed by atoms with Gasteiger partial charge in [0.2, 0.25) is 0 Å². The molecule has 0 bridgehead atoms. The molecule has 0 aliphatic carbocycles. The molecule has 1 aromatic rings. The first-order chi connectivity index (χ1) is 7.13. The van der Waals surface area contributed by atoms with Gasteiger partial charge in [-0.05, 0) is 18.1 Å². The molecule has 0 heterocycles. The molecule has 0 aliphatic heterocycles. The third kappa shape index (κ3) is 4.02. The first-order valence-electron chi connectivity index (χ1n) is 4.91. The normalized spacial score (nSPS) is 12.5. The molecule has 0 aliphatic rings. The molecule has 82 valence electrons. The van der Waals surface area contributed by atoms with Crippen molar-refractivity contribution < 1.29 is 9.53 Å². The number of ketones is 1. The zero-order chi connectivity index (χ0) is 11.3. The summed E-state index contributed by atoms with van der Waals surface area (Å²) >= 11 is 5.81. The zero-order valence-corrected chi connectivity index (χ0v) is 9.75. The van der Waals surface area contributed by atoms with E-state index >= 15 is 0 Å². The highest BCUT2D eigenvalue weighted by Crippen LogP contribution is 2.14. The maximum absolute atomic E-state index is 11.8. The fraction of sp³-hybridized carbons (Fsp3) is 0.417. The minimum Gasteiger partial charge on any atom is -0.384 e. The van der Waals surface area contributed by atoms with Crippen molar-refractivity contribution in [3.63, 3.8) is 0 Å². The lowest BCUT2D eigenvalue weighted by atomic mass is 10.0. The van der Waals surface area contributed by atoms with Crippen molar-refractivity contribution >= 4 is 17.4 Å². The maximum Gasteiger partial charge on any atom is 0.163 e. The van der Waals surface area contributed by atoms with E-state index in [2.05, 4.69) is 0 Å². The second-order valence-corrected chi connectivity index (χ2v) is 4.13. The lowest BCUT2D eigenvalue weighted by Gasteiger charge is -2.08. The van der Waals surface area contributed by atoms with Crippen molar-refractivity contribution in [3.8, 4) is 0 Å². The summed E-state index contributed by atoms with van der Waals surface area (Å²) in [6, 6.07) is 7.03. The van der Waals surface area contributed by atoms with Crippen LogP contribution in [-0.2, 0) is 4.74 Å². The summed E-state index contributed by atoms with van der Waals surface area (Å²) in [5.74, 6) is 0.350. The molecule has 0 aromatic heterocycles. The smallest absolute Gasteiger partial charge is 0.163 e. The van der Waals surface area contributed by atoms with Crippen LogP contribution in [0.2, 0.25) is 5.02 Å². The van der Waals surface area contributed by atoms with Crippen LogP contribution in [0.5, 0.6) is 0 Å². The van der Waals surface area contributed by atoms with Gasteiger partial charge in [0.05, 0.1) is 0 Å². The van der Waals surface area contributed by atoms with Crippen LogP contribution < -0.4 is 0 Å². The van der Waals surface area contributed by atoms with Gasteiger partial charge in [-0.25, -0.2) is 0 Å². The molecule has 0 saturated carbocycles. The van der Waals surface area contributed by atoms with Crippen molar-refractivity contribution in [2.45, 2.75) is 13.3 Å². The molecule has 0 N–H and O–H groups in total. The van der Waals surface area contributed by atoms with E-state index in [1.54, 1.807) is 31.4 Å². The number of ether oxygens (including phenoxy) is 1. The Labute approximate surface area is 95.2 Å². The third-order valence-corrected chi connectivity index (χ3v) is 2.37. The SMILES string of the molecule is COCC(C)CC(=O)c1cccc(Cl)c1. The van der Waals surface area contributed by atoms with Crippen molar-refractivity contribution in [3.05, 3.63) is 34.9 Å². The van der Waals surface area contributed by atoms with Gasteiger partial charge in [0.1, 0.15) is 0 Å². The molecular formula is C12H15ClO2. The molecule has 1 aromatic carbocycles. The first-order valence-corrected chi connectivity index (χ1v) is 5.29. The van der Waals surface area contributed by atoms with E-state index < -0.39 is 0 Å². The van der Waals surface area contributed by atoms with Gasteiger partial charge in [0.25, 0.3) is 0 Å². The number of carbonyl (C=O) groups excluding carboxylic acids is 1. The summed E-state index contributed by atoms with van der Waals surface area (Å²) < 4.78 is 4.99. The van der Waals surface area contributed by atoms with Crippen molar-refractivity contribution in [1.82, 2.24) is 0 Å². The number of benzene rings is 1. The largest absolute Gasteiger partial charge is 0.384 e. The van der Waals surface area contributed by atoms with Crippen LogP contribution in [0.1, 0.15) is 23.7 Å². The zero-order valence-electron chi connectivity index (χ0n) is 9.00. The van der Waals surface area contributed by atoms with E-state index in [9.17, 15) is 4.79 Å². The first kappa shape index (κ1) is 12.2. The summed E-state index contributed by atoms with van der Waals surface area (Å²) in [7, 11) is 1.64. The van der Waals surface area contributed by atoms with Gasteiger partial charge < -0.3 is 4.74 Å². The van der Waals surface area contributed by atoms with Crippen LogP contribution in [0, 0.1) is 5.92 Å². The minimum atomic E-state index is 0.113. The number of hydrogen-bond donors (Lipinski definition) is 0. The topological polar surface area (TPSA) is 26.3 Å². The summed E-state index contributed by atoms with van der Waals surface area (Å²) in [4.78, 5) is 11.8. The number of methoxy groups -OCH3 is 1. The fourth-order valence-electron chi connectivity index (χ4n) is 1.44. The Bertz CT molecular complexity index is 336. The predicted octanol–water partition coefficient (Wildman–Crippen LogP) is 3.20. The average Bonchev–Trinajstić information content (AvgIpc) is 2.18. The summed E-state index contributed by atoms with van der Waals surface area (Å²) in [6.07, 6.45) is 0.494. The third-order valence-electron chi connectivity index (χ3n) is 2.13. The van der Waals surface area contributed by atoms with Crippen LogP contribution in [-0.4, -0.2) is 19.5 Å². The van der Waals surface area contributed by atoms with Gasteiger partial charge in [0, 0.05) is 30.7 Å². The van der Waals surface area contributed by atoms with Crippen molar-refractivity contribution in [1.29, 1.82) is 0 Å². The Morgan fingerprint density at radius 1 is 1.53 bits per heavy atom.